The summed E-state index contributed by atoms with van der Waals surface area (Å²) in [6, 6.07) is 8.04. The standard InChI is InChI=1S/C16H18N4O3/c1-12(22)13-3-5-15(6-4-13)19-16(23)14(9-18)10-20(11-21)8-2-7-17/h3-6,10-11H,2,7-8,17H2,1H3,(H,19,23)/b14-10-. The maximum Gasteiger partial charge on any atom is 0.267 e. The molecule has 2 amide bonds. The summed E-state index contributed by atoms with van der Waals surface area (Å²) in [5, 5.41) is 11.6. The Kier molecular flexibility index (Phi) is 7.17. The van der Waals surface area contributed by atoms with Crippen molar-refractivity contribution in [3.05, 3.63) is 41.6 Å². The van der Waals surface area contributed by atoms with Crippen molar-refractivity contribution >= 4 is 23.8 Å². The lowest BCUT2D eigenvalue weighted by Crippen LogP contribution is -2.22. The number of amides is 2. The third-order valence-corrected chi connectivity index (χ3v) is 2.97. The van der Waals surface area contributed by atoms with Crippen molar-refractivity contribution < 1.29 is 14.4 Å². The van der Waals surface area contributed by atoms with Crippen LogP contribution in [0.5, 0.6) is 0 Å². The van der Waals surface area contributed by atoms with Crippen molar-refractivity contribution in [3.63, 3.8) is 0 Å². The van der Waals surface area contributed by atoms with Crippen LogP contribution in [-0.4, -0.2) is 36.1 Å². The second-order valence-electron chi connectivity index (χ2n) is 4.73. The highest BCUT2D eigenvalue weighted by Crippen LogP contribution is 2.11. The Labute approximate surface area is 134 Å². The first-order valence-electron chi connectivity index (χ1n) is 6.97. The van der Waals surface area contributed by atoms with Crippen molar-refractivity contribution in [3.8, 4) is 6.07 Å². The van der Waals surface area contributed by atoms with E-state index in [2.05, 4.69) is 5.32 Å². The van der Waals surface area contributed by atoms with Crippen LogP contribution in [0.2, 0.25) is 0 Å². The number of benzene rings is 1. The van der Waals surface area contributed by atoms with Crippen LogP contribution >= 0.6 is 0 Å². The van der Waals surface area contributed by atoms with Crippen LogP contribution < -0.4 is 11.1 Å². The van der Waals surface area contributed by atoms with Crippen LogP contribution in [0.1, 0.15) is 23.7 Å². The molecule has 0 bridgehead atoms. The number of anilines is 1. The largest absolute Gasteiger partial charge is 0.330 e. The first-order chi connectivity index (χ1) is 11.0. The third-order valence-electron chi connectivity index (χ3n) is 2.97. The van der Waals surface area contributed by atoms with Gasteiger partial charge in [0.2, 0.25) is 6.41 Å². The SMILES string of the molecule is CC(=O)c1ccc(NC(=O)/C(C#N)=C\N(C=O)CCCN)cc1. The number of carbonyl (C=O) groups excluding carboxylic acids is 3. The van der Waals surface area contributed by atoms with Gasteiger partial charge in [-0.05, 0) is 44.2 Å². The van der Waals surface area contributed by atoms with Crippen molar-refractivity contribution in [2.75, 3.05) is 18.4 Å². The van der Waals surface area contributed by atoms with E-state index in [9.17, 15) is 14.4 Å². The predicted molar refractivity (Wildman–Crippen MR) is 85.2 cm³/mol. The summed E-state index contributed by atoms with van der Waals surface area (Å²) < 4.78 is 0. The Morgan fingerprint density at radius 3 is 2.48 bits per heavy atom. The van der Waals surface area contributed by atoms with Gasteiger partial charge in [-0.1, -0.05) is 0 Å². The lowest BCUT2D eigenvalue weighted by atomic mass is 10.1. The van der Waals surface area contributed by atoms with E-state index in [1.54, 1.807) is 30.3 Å². The number of hydrogen-bond acceptors (Lipinski definition) is 5. The minimum atomic E-state index is -0.636. The number of nitriles is 1. The molecule has 1 aromatic rings. The summed E-state index contributed by atoms with van der Waals surface area (Å²) in [5.74, 6) is -0.718. The molecule has 23 heavy (non-hydrogen) atoms. The zero-order valence-electron chi connectivity index (χ0n) is 12.8. The maximum absolute atomic E-state index is 12.1. The van der Waals surface area contributed by atoms with Gasteiger partial charge in [0.05, 0.1) is 0 Å². The number of Topliss-reactive ketones (excluding diaryl/α,β-unsaturated/α-hetero) is 1. The summed E-state index contributed by atoms with van der Waals surface area (Å²) in [5.41, 5.74) is 6.12. The van der Waals surface area contributed by atoms with E-state index in [-0.39, 0.29) is 11.4 Å². The van der Waals surface area contributed by atoms with Crippen molar-refractivity contribution in [2.24, 2.45) is 5.73 Å². The molecule has 7 nitrogen and oxygen atoms in total. The highest BCUT2D eigenvalue weighted by Gasteiger charge is 2.11. The lowest BCUT2D eigenvalue weighted by Gasteiger charge is -2.12. The Morgan fingerprint density at radius 1 is 1.35 bits per heavy atom. The molecule has 0 spiro atoms. The number of carbonyl (C=O) groups is 3. The van der Waals surface area contributed by atoms with Gasteiger partial charge in [0, 0.05) is 24.0 Å². The third kappa shape index (κ3) is 5.73. The molecule has 0 atom stereocenters. The van der Waals surface area contributed by atoms with Crippen LogP contribution in [0, 0.1) is 11.3 Å². The molecule has 120 valence electrons. The minimum absolute atomic E-state index is 0.0815. The average Bonchev–Trinajstić information content (AvgIpc) is 2.55. The molecule has 0 fully saturated rings. The van der Waals surface area contributed by atoms with Gasteiger partial charge in [0.15, 0.2) is 5.78 Å². The lowest BCUT2D eigenvalue weighted by molar-refractivity contribution is -0.116. The minimum Gasteiger partial charge on any atom is -0.330 e. The summed E-state index contributed by atoms with van der Waals surface area (Å²) >= 11 is 0. The van der Waals surface area contributed by atoms with Crippen LogP contribution in [0.15, 0.2) is 36.0 Å². The van der Waals surface area contributed by atoms with E-state index >= 15 is 0 Å². The summed E-state index contributed by atoms with van der Waals surface area (Å²) in [6.07, 6.45) is 2.27. The zero-order chi connectivity index (χ0) is 17.2. The van der Waals surface area contributed by atoms with E-state index in [0.717, 1.165) is 0 Å². The van der Waals surface area contributed by atoms with E-state index in [1.807, 2.05) is 0 Å². The molecule has 0 aliphatic carbocycles. The molecule has 0 radical (unpaired) electrons. The van der Waals surface area contributed by atoms with Crippen molar-refractivity contribution in [1.82, 2.24) is 4.90 Å². The molecule has 0 aromatic heterocycles. The molecule has 0 aliphatic heterocycles. The topological polar surface area (TPSA) is 116 Å². The van der Waals surface area contributed by atoms with E-state index in [1.165, 1.54) is 18.0 Å². The zero-order valence-corrected chi connectivity index (χ0v) is 12.8. The monoisotopic (exact) mass is 314 g/mol. The van der Waals surface area contributed by atoms with Gasteiger partial charge < -0.3 is 16.0 Å². The first-order valence-corrected chi connectivity index (χ1v) is 6.97. The summed E-state index contributed by atoms with van der Waals surface area (Å²) in [7, 11) is 0. The summed E-state index contributed by atoms with van der Waals surface area (Å²) in [6.45, 7) is 2.17. The Bertz CT molecular complexity index is 644. The van der Waals surface area contributed by atoms with Gasteiger partial charge in [0.25, 0.3) is 5.91 Å². The van der Waals surface area contributed by atoms with Crippen LogP contribution in [0.25, 0.3) is 0 Å². The predicted octanol–water partition coefficient (Wildman–Crippen LogP) is 1.04. The van der Waals surface area contributed by atoms with Gasteiger partial charge in [-0.3, -0.25) is 14.4 Å². The molecule has 0 heterocycles. The number of nitrogens with two attached hydrogens (primary N) is 1. The molecule has 0 unspecified atom stereocenters. The molecule has 1 aromatic carbocycles. The number of hydrogen-bond donors (Lipinski definition) is 2. The first kappa shape index (κ1) is 18.1. The van der Waals surface area contributed by atoms with Crippen molar-refractivity contribution in [1.29, 1.82) is 5.26 Å². The molecular weight excluding hydrogens is 296 g/mol. The number of nitrogens with one attached hydrogen (secondary N) is 1. The van der Waals surface area contributed by atoms with Crippen LogP contribution in [-0.2, 0) is 9.59 Å². The fourth-order valence-electron chi connectivity index (χ4n) is 1.71. The number of ketones is 1. The van der Waals surface area contributed by atoms with E-state index in [4.69, 9.17) is 11.0 Å². The van der Waals surface area contributed by atoms with Crippen molar-refractivity contribution in [2.45, 2.75) is 13.3 Å². The summed E-state index contributed by atoms with van der Waals surface area (Å²) in [4.78, 5) is 35.3. The van der Waals surface area contributed by atoms with Gasteiger partial charge >= 0.3 is 0 Å². The Morgan fingerprint density at radius 2 is 2.00 bits per heavy atom. The highest BCUT2D eigenvalue weighted by atomic mass is 16.2. The number of nitrogens with zero attached hydrogens (tertiary/aromatic N) is 2. The van der Waals surface area contributed by atoms with E-state index < -0.39 is 5.91 Å². The molecule has 7 heteroatoms. The quantitative estimate of drug-likeness (QED) is 0.322. The molecule has 0 aliphatic rings. The van der Waals surface area contributed by atoms with Gasteiger partial charge in [-0.15, -0.1) is 0 Å². The Balaban J connectivity index is 2.82. The maximum atomic E-state index is 12.1. The second-order valence-corrected chi connectivity index (χ2v) is 4.73. The van der Waals surface area contributed by atoms with Gasteiger partial charge in [-0.2, -0.15) is 5.26 Å². The Hall–Kier alpha value is -2.98. The molecule has 1 rings (SSSR count). The normalized spacial score (nSPS) is 10.6. The fraction of sp³-hybridized carbons (Fsp3) is 0.250. The van der Waals surface area contributed by atoms with Crippen LogP contribution in [0.3, 0.4) is 0 Å². The van der Waals surface area contributed by atoms with Gasteiger partial charge in [-0.25, -0.2) is 0 Å². The smallest absolute Gasteiger partial charge is 0.267 e. The molecule has 3 N–H and O–H groups in total. The molecule has 0 saturated carbocycles. The fourth-order valence-corrected chi connectivity index (χ4v) is 1.71. The molecular formula is C16H18N4O3. The number of rotatable bonds is 8. The van der Waals surface area contributed by atoms with Gasteiger partial charge in [0.1, 0.15) is 11.6 Å². The van der Waals surface area contributed by atoms with Crippen LogP contribution in [0.4, 0.5) is 5.69 Å². The van der Waals surface area contributed by atoms with E-state index in [0.29, 0.717) is 37.2 Å². The molecule has 0 saturated heterocycles. The average molecular weight is 314 g/mol. The second kappa shape index (κ2) is 9.12. The highest BCUT2D eigenvalue weighted by molar-refractivity contribution is 6.06.